The molecule has 0 aliphatic carbocycles. The molecule has 0 aliphatic rings. The summed E-state index contributed by atoms with van der Waals surface area (Å²) in [4.78, 5) is 10.5. The van der Waals surface area contributed by atoms with Gasteiger partial charge in [-0.05, 0) is 6.07 Å². The third-order valence-corrected chi connectivity index (χ3v) is 1.69. The van der Waals surface area contributed by atoms with Crippen LogP contribution in [0.5, 0.6) is 0 Å². The smallest absolute Gasteiger partial charge is 0.356 e. The van der Waals surface area contributed by atoms with Crippen LogP contribution in [-0.2, 0) is 17.4 Å². The van der Waals surface area contributed by atoms with Crippen LogP contribution in [0.4, 0.5) is 13.2 Å². The Morgan fingerprint density at radius 1 is 1.60 bits per heavy atom. The van der Waals surface area contributed by atoms with Gasteiger partial charge in [0.15, 0.2) is 5.69 Å². The molecule has 0 saturated carbocycles. The Bertz CT molecular complexity index is 345. The monoisotopic (exact) mass is 221 g/mol. The summed E-state index contributed by atoms with van der Waals surface area (Å²) in [6.07, 6.45) is -4.13. The predicted octanol–water partition coefficient (Wildman–Crippen LogP) is 1.11. The molecule has 0 fully saturated rings. The Labute approximate surface area is 83.9 Å². The topological polar surface area (TPSA) is 57.8 Å². The van der Waals surface area contributed by atoms with Gasteiger partial charge in [0.05, 0.1) is 0 Å². The van der Waals surface area contributed by atoms with Gasteiger partial charge in [-0.3, -0.25) is 9.89 Å². The van der Waals surface area contributed by atoms with Crippen molar-refractivity contribution in [2.75, 3.05) is 6.54 Å². The number of hydrogen-bond acceptors (Lipinski definition) is 2. The van der Waals surface area contributed by atoms with E-state index in [2.05, 4.69) is 15.5 Å². The molecule has 7 heteroatoms. The lowest BCUT2D eigenvalue weighted by Gasteiger charge is -1.99. The molecule has 15 heavy (non-hydrogen) atoms. The highest BCUT2D eigenvalue weighted by Gasteiger charge is 2.33. The first kappa shape index (κ1) is 11.5. The SMILES string of the molecule is CC(=O)NCCc1cc(C(F)(F)F)n[nH]1. The van der Waals surface area contributed by atoms with E-state index >= 15 is 0 Å². The zero-order valence-corrected chi connectivity index (χ0v) is 7.98. The Morgan fingerprint density at radius 2 is 2.27 bits per heavy atom. The lowest BCUT2D eigenvalue weighted by atomic mass is 10.3. The van der Waals surface area contributed by atoms with Crippen LogP contribution in [0, 0.1) is 0 Å². The summed E-state index contributed by atoms with van der Waals surface area (Å²) in [6.45, 7) is 1.63. The summed E-state index contributed by atoms with van der Waals surface area (Å²) in [7, 11) is 0. The maximum Gasteiger partial charge on any atom is 0.435 e. The number of halogens is 3. The minimum atomic E-state index is -4.43. The number of alkyl halides is 3. The number of H-pyrrole nitrogens is 1. The van der Waals surface area contributed by atoms with E-state index in [0.717, 1.165) is 6.07 Å². The third kappa shape index (κ3) is 3.61. The zero-order chi connectivity index (χ0) is 11.5. The number of aromatic amines is 1. The van der Waals surface area contributed by atoms with Gasteiger partial charge in [0.25, 0.3) is 0 Å². The number of nitrogens with one attached hydrogen (secondary N) is 2. The molecular weight excluding hydrogens is 211 g/mol. The van der Waals surface area contributed by atoms with Gasteiger partial charge < -0.3 is 5.32 Å². The summed E-state index contributed by atoms with van der Waals surface area (Å²) < 4.78 is 36.3. The summed E-state index contributed by atoms with van der Waals surface area (Å²) in [5.41, 5.74) is -0.601. The minimum Gasteiger partial charge on any atom is -0.356 e. The van der Waals surface area contributed by atoms with E-state index in [-0.39, 0.29) is 12.5 Å². The van der Waals surface area contributed by atoms with Crippen molar-refractivity contribution < 1.29 is 18.0 Å². The fraction of sp³-hybridized carbons (Fsp3) is 0.500. The summed E-state index contributed by atoms with van der Waals surface area (Å²) in [5.74, 6) is -0.217. The molecule has 0 aromatic carbocycles. The van der Waals surface area contributed by atoms with Crippen molar-refractivity contribution in [2.24, 2.45) is 0 Å². The van der Waals surface area contributed by atoms with Crippen LogP contribution >= 0.6 is 0 Å². The molecular formula is C8H10F3N3O. The van der Waals surface area contributed by atoms with Crippen LogP contribution in [0.3, 0.4) is 0 Å². The quantitative estimate of drug-likeness (QED) is 0.803. The molecule has 1 aromatic rings. The highest BCUT2D eigenvalue weighted by molar-refractivity contribution is 5.72. The van der Waals surface area contributed by atoms with E-state index in [0.29, 0.717) is 12.1 Å². The van der Waals surface area contributed by atoms with Gasteiger partial charge >= 0.3 is 6.18 Å². The third-order valence-electron chi connectivity index (χ3n) is 1.69. The predicted molar refractivity (Wildman–Crippen MR) is 46.0 cm³/mol. The average Bonchev–Trinajstić information content (AvgIpc) is 2.51. The van der Waals surface area contributed by atoms with Gasteiger partial charge in [-0.1, -0.05) is 0 Å². The Hall–Kier alpha value is -1.53. The number of carbonyl (C=O) groups is 1. The van der Waals surface area contributed by atoms with Crippen LogP contribution in [-0.4, -0.2) is 22.6 Å². The molecule has 1 aromatic heterocycles. The van der Waals surface area contributed by atoms with Crippen LogP contribution in [0.1, 0.15) is 18.3 Å². The summed E-state index contributed by atoms with van der Waals surface area (Å²) in [5, 5.41) is 7.86. The van der Waals surface area contributed by atoms with E-state index in [1.54, 1.807) is 0 Å². The molecule has 0 spiro atoms. The normalized spacial score (nSPS) is 11.5. The van der Waals surface area contributed by atoms with Crippen molar-refractivity contribution in [3.05, 3.63) is 17.5 Å². The van der Waals surface area contributed by atoms with E-state index in [4.69, 9.17) is 0 Å². The first-order valence-electron chi connectivity index (χ1n) is 4.25. The van der Waals surface area contributed by atoms with E-state index < -0.39 is 11.9 Å². The fourth-order valence-electron chi connectivity index (χ4n) is 1.01. The number of carbonyl (C=O) groups excluding carboxylic acids is 1. The maximum absolute atomic E-state index is 12.1. The molecule has 0 unspecified atom stereocenters. The number of aromatic nitrogens is 2. The number of rotatable bonds is 3. The van der Waals surface area contributed by atoms with Crippen molar-refractivity contribution in [1.29, 1.82) is 0 Å². The molecule has 2 N–H and O–H groups in total. The largest absolute Gasteiger partial charge is 0.435 e. The van der Waals surface area contributed by atoms with Crippen LogP contribution < -0.4 is 5.32 Å². The maximum atomic E-state index is 12.1. The Morgan fingerprint density at radius 3 is 2.73 bits per heavy atom. The fourth-order valence-corrected chi connectivity index (χ4v) is 1.01. The number of hydrogen-bond donors (Lipinski definition) is 2. The standard InChI is InChI=1S/C8H10F3N3O/c1-5(15)12-3-2-6-4-7(14-13-6)8(9,10)11/h4H,2-3H2,1H3,(H,12,15)(H,13,14). The summed E-state index contributed by atoms with van der Waals surface area (Å²) in [6, 6.07) is 0.932. The molecule has 1 amide bonds. The van der Waals surface area contributed by atoms with E-state index in [1.807, 2.05) is 0 Å². The second kappa shape index (κ2) is 4.33. The van der Waals surface area contributed by atoms with Crippen molar-refractivity contribution in [1.82, 2.24) is 15.5 Å². The molecule has 0 radical (unpaired) electrons. The molecule has 0 bridgehead atoms. The van der Waals surface area contributed by atoms with Crippen molar-refractivity contribution >= 4 is 5.91 Å². The zero-order valence-electron chi connectivity index (χ0n) is 7.98. The molecule has 1 rings (SSSR count). The van der Waals surface area contributed by atoms with Gasteiger partial charge in [-0.2, -0.15) is 18.3 Å². The van der Waals surface area contributed by atoms with E-state index in [9.17, 15) is 18.0 Å². The second-order valence-electron chi connectivity index (χ2n) is 3.01. The Kier molecular flexibility index (Phi) is 3.33. The van der Waals surface area contributed by atoms with Gasteiger partial charge in [-0.25, -0.2) is 0 Å². The van der Waals surface area contributed by atoms with Crippen LogP contribution in [0.15, 0.2) is 6.07 Å². The van der Waals surface area contributed by atoms with Crippen molar-refractivity contribution in [2.45, 2.75) is 19.5 Å². The van der Waals surface area contributed by atoms with Crippen molar-refractivity contribution in [3.63, 3.8) is 0 Å². The van der Waals surface area contributed by atoms with E-state index in [1.165, 1.54) is 6.92 Å². The minimum absolute atomic E-state index is 0.217. The average molecular weight is 221 g/mol. The lowest BCUT2D eigenvalue weighted by Crippen LogP contribution is -2.22. The van der Waals surface area contributed by atoms with Crippen LogP contribution in [0.25, 0.3) is 0 Å². The highest BCUT2D eigenvalue weighted by Crippen LogP contribution is 2.27. The molecule has 0 atom stereocenters. The highest BCUT2D eigenvalue weighted by atomic mass is 19.4. The molecule has 84 valence electrons. The van der Waals surface area contributed by atoms with Gasteiger partial charge in [0.2, 0.25) is 5.91 Å². The van der Waals surface area contributed by atoms with Gasteiger partial charge in [0, 0.05) is 25.6 Å². The number of nitrogens with zero attached hydrogens (tertiary/aromatic N) is 1. The molecule has 0 saturated heterocycles. The number of amides is 1. The molecule has 1 heterocycles. The molecule has 4 nitrogen and oxygen atoms in total. The van der Waals surface area contributed by atoms with Gasteiger partial charge in [-0.15, -0.1) is 0 Å². The molecule has 0 aliphatic heterocycles. The van der Waals surface area contributed by atoms with Crippen molar-refractivity contribution in [3.8, 4) is 0 Å². The lowest BCUT2D eigenvalue weighted by molar-refractivity contribution is -0.141. The summed E-state index contributed by atoms with van der Waals surface area (Å²) >= 11 is 0. The first-order chi connectivity index (χ1) is 6.89. The second-order valence-corrected chi connectivity index (χ2v) is 3.01. The first-order valence-corrected chi connectivity index (χ1v) is 4.25. The Balaban J connectivity index is 2.50. The van der Waals surface area contributed by atoms with Gasteiger partial charge in [0.1, 0.15) is 0 Å². The van der Waals surface area contributed by atoms with Crippen LogP contribution in [0.2, 0.25) is 0 Å².